The van der Waals surface area contributed by atoms with Crippen LogP contribution in [0, 0.1) is 5.41 Å². The third-order valence-corrected chi connectivity index (χ3v) is 7.21. The van der Waals surface area contributed by atoms with E-state index in [9.17, 15) is 15.3 Å². The zero-order valence-electron chi connectivity index (χ0n) is 18.7. The Morgan fingerprint density at radius 3 is 2.71 bits per heavy atom. The molecule has 1 saturated heterocycles. The van der Waals surface area contributed by atoms with Crippen LogP contribution in [0.25, 0.3) is 10.4 Å². The van der Waals surface area contributed by atoms with Gasteiger partial charge in [-0.15, -0.1) is 11.3 Å². The first-order valence-electron chi connectivity index (χ1n) is 10.4. The summed E-state index contributed by atoms with van der Waals surface area (Å²) in [6.45, 7) is 10.6. The molecule has 1 fully saturated rings. The molecule has 1 aliphatic heterocycles. The number of benzene rings is 1. The predicted octanol–water partition coefficient (Wildman–Crippen LogP) is 6.58. The van der Waals surface area contributed by atoms with E-state index < -0.39 is 0 Å². The quantitative estimate of drug-likeness (QED) is 0.253. The van der Waals surface area contributed by atoms with Gasteiger partial charge in [-0.3, -0.25) is 4.79 Å². The van der Waals surface area contributed by atoms with E-state index in [0.717, 1.165) is 24.1 Å². The van der Waals surface area contributed by atoms with E-state index in [-0.39, 0.29) is 33.6 Å². The fraction of sp³-hybridized carbons (Fsp3) is 0.522. The topological polar surface area (TPSA) is 82.0 Å². The van der Waals surface area contributed by atoms with E-state index in [1.807, 2.05) is 58.9 Å². The summed E-state index contributed by atoms with van der Waals surface area (Å²) in [4.78, 5) is 18.3. The molecule has 2 aromatic rings. The van der Waals surface area contributed by atoms with Crippen molar-refractivity contribution in [1.29, 1.82) is 0 Å². The first-order valence-corrected chi connectivity index (χ1v) is 11.6. The number of hydroxylamine groups is 2. The van der Waals surface area contributed by atoms with Crippen LogP contribution in [0.15, 0.2) is 24.3 Å². The van der Waals surface area contributed by atoms with E-state index in [1.165, 1.54) is 16.4 Å². The summed E-state index contributed by atoms with van der Waals surface area (Å²) < 4.78 is 0. The molecule has 0 saturated carbocycles. The first kappa shape index (κ1) is 24.0. The van der Waals surface area contributed by atoms with Gasteiger partial charge in [0.05, 0.1) is 4.88 Å². The SMILES string of the molecule is CC(C)(C)CC(=O)c1sc(-c2cccc(N[C@H]3CCN(O)C(C)(C)C3)c2)c(Cl)c1OO. The second-order valence-corrected chi connectivity index (χ2v) is 11.4. The monoisotopic (exact) mass is 466 g/mol. The van der Waals surface area contributed by atoms with Crippen LogP contribution in [0.3, 0.4) is 0 Å². The number of ketones is 1. The Balaban J connectivity index is 1.86. The molecule has 0 aliphatic carbocycles. The molecular weight excluding hydrogens is 436 g/mol. The van der Waals surface area contributed by atoms with Gasteiger partial charge in [-0.2, -0.15) is 5.06 Å². The van der Waals surface area contributed by atoms with Gasteiger partial charge in [-0.25, -0.2) is 5.26 Å². The lowest BCUT2D eigenvalue weighted by Crippen LogP contribution is -2.51. The molecule has 1 aliphatic rings. The van der Waals surface area contributed by atoms with Crippen LogP contribution in [0.2, 0.25) is 5.02 Å². The number of halogens is 1. The fourth-order valence-corrected chi connectivity index (χ4v) is 5.37. The fourth-order valence-electron chi connectivity index (χ4n) is 3.91. The highest BCUT2D eigenvalue weighted by Gasteiger charge is 2.34. The van der Waals surface area contributed by atoms with Crippen LogP contribution in [0.5, 0.6) is 5.75 Å². The lowest BCUT2D eigenvalue weighted by molar-refractivity contribution is -0.179. The third kappa shape index (κ3) is 5.59. The summed E-state index contributed by atoms with van der Waals surface area (Å²) >= 11 is 7.73. The van der Waals surface area contributed by atoms with Gasteiger partial charge >= 0.3 is 0 Å². The number of nitrogens with zero attached hydrogens (tertiary/aromatic N) is 1. The van der Waals surface area contributed by atoms with E-state index in [4.69, 9.17) is 11.6 Å². The van der Waals surface area contributed by atoms with Crippen LogP contribution >= 0.6 is 22.9 Å². The van der Waals surface area contributed by atoms with Crippen molar-refractivity contribution in [3.8, 4) is 16.2 Å². The normalized spacial score (nSPS) is 19.3. The standard InChI is InChI=1S/C23H31ClN2O4S/c1-22(2,3)13-17(27)21-19(30-29)18(24)20(31-21)14-7-6-8-15(11-14)25-16-9-10-26(28)23(4,5)12-16/h6-8,11,16,25,28-29H,9-10,12-13H2,1-5H3/t16-/m0/s1. The van der Waals surface area contributed by atoms with Crippen molar-refractivity contribution in [3.05, 3.63) is 34.2 Å². The highest BCUT2D eigenvalue weighted by molar-refractivity contribution is 7.18. The van der Waals surface area contributed by atoms with Gasteiger partial charge in [0.15, 0.2) is 5.78 Å². The molecule has 6 nitrogen and oxygen atoms in total. The number of nitrogens with one attached hydrogen (secondary N) is 1. The number of hydrogen-bond acceptors (Lipinski definition) is 7. The molecule has 3 rings (SSSR count). The molecule has 0 unspecified atom stereocenters. The molecule has 8 heteroatoms. The lowest BCUT2D eigenvalue weighted by atomic mass is 9.88. The Bertz CT molecular complexity index is 952. The van der Waals surface area contributed by atoms with Crippen molar-refractivity contribution in [1.82, 2.24) is 5.06 Å². The molecule has 0 bridgehead atoms. The van der Waals surface area contributed by atoms with Gasteiger partial charge in [0.1, 0.15) is 9.90 Å². The predicted molar refractivity (Wildman–Crippen MR) is 126 cm³/mol. The Morgan fingerprint density at radius 1 is 1.39 bits per heavy atom. The maximum atomic E-state index is 12.8. The van der Waals surface area contributed by atoms with Crippen molar-refractivity contribution in [2.75, 3.05) is 11.9 Å². The van der Waals surface area contributed by atoms with Crippen LogP contribution in [0.4, 0.5) is 5.69 Å². The molecule has 0 amide bonds. The molecule has 1 aromatic heterocycles. The Kier molecular flexibility index (Phi) is 7.03. The van der Waals surface area contributed by atoms with Crippen molar-refractivity contribution < 1.29 is 20.1 Å². The Labute approximate surface area is 192 Å². The minimum atomic E-state index is -0.291. The number of carbonyl (C=O) groups is 1. The van der Waals surface area contributed by atoms with E-state index in [1.54, 1.807) is 0 Å². The summed E-state index contributed by atoms with van der Waals surface area (Å²) in [5.74, 6) is -0.0895. The highest BCUT2D eigenvalue weighted by atomic mass is 35.5. The zero-order chi connectivity index (χ0) is 23.0. The number of anilines is 1. The molecule has 0 spiro atoms. The first-order chi connectivity index (χ1) is 14.4. The van der Waals surface area contributed by atoms with Gasteiger partial charge in [-0.1, -0.05) is 44.5 Å². The average molecular weight is 467 g/mol. The minimum Gasteiger partial charge on any atom is -0.382 e. The maximum absolute atomic E-state index is 12.8. The number of piperidine rings is 1. The summed E-state index contributed by atoms with van der Waals surface area (Å²) in [6, 6.07) is 8.04. The third-order valence-electron chi connectivity index (χ3n) is 5.47. The molecule has 1 atom stereocenters. The van der Waals surface area contributed by atoms with Crippen molar-refractivity contribution in [2.24, 2.45) is 5.41 Å². The number of Topliss-reactive ketones (excluding diaryl/α,β-unsaturated/α-hetero) is 1. The summed E-state index contributed by atoms with van der Waals surface area (Å²) in [5.41, 5.74) is 1.29. The molecular formula is C23H31ClN2O4S. The number of thiophene rings is 1. The second kappa shape index (κ2) is 9.08. The van der Waals surface area contributed by atoms with Crippen LogP contribution in [0.1, 0.15) is 63.6 Å². The average Bonchev–Trinajstić information content (AvgIpc) is 3.00. The molecule has 0 radical (unpaired) electrons. The Morgan fingerprint density at radius 2 is 2.10 bits per heavy atom. The largest absolute Gasteiger partial charge is 0.382 e. The lowest BCUT2D eigenvalue weighted by Gasteiger charge is -2.42. The highest BCUT2D eigenvalue weighted by Crippen LogP contribution is 2.46. The summed E-state index contributed by atoms with van der Waals surface area (Å²) in [6.07, 6.45) is 1.96. The maximum Gasteiger partial charge on any atom is 0.205 e. The van der Waals surface area contributed by atoms with E-state index >= 15 is 0 Å². The molecule has 3 N–H and O–H groups in total. The van der Waals surface area contributed by atoms with Gasteiger partial charge in [0, 0.05) is 30.2 Å². The molecule has 2 heterocycles. The van der Waals surface area contributed by atoms with Crippen molar-refractivity contribution in [2.45, 2.75) is 65.5 Å². The van der Waals surface area contributed by atoms with Crippen molar-refractivity contribution in [3.63, 3.8) is 0 Å². The molecule has 1 aromatic carbocycles. The second-order valence-electron chi connectivity index (χ2n) is 10.0. The van der Waals surface area contributed by atoms with Crippen LogP contribution < -0.4 is 10.2 Å². The van der Waals surface area contributed by atoms with Gasteiger partial charge in [-0.05, 0) is 49.8 Å². The van der Waals surface area contributed by atoms with Crippen LogP contribution in [-0.2, 0) is 0 Å². The van der Waals surface area contributed by atoms with Crippen molar-refractivity contribution >= 4 is 34.4 Å². The number of hydrogen-bond donors (Lipinski definition) is 3. The number of rotatable bonds is 6. The van der Waals surface area contributed by atoms with E-state index in [0.29, 0.717) is 22.7 Å². The molecule has 170 valence electrons. The minimum absolute atomic E-state index is 0.0198. The van der Waals surface area contributed by atoms with Crippen LogP contribution in [-0.4, -0.2) is 39.4 Å². The molecule has 31 heavy (non-hydrogen) atoms. The summed E-state index contributed by atoms with van der Waals surface area (Å²) in [5, 5.41) is 24.6. The summed E-state index contributed by atoms with van der Waals surface area (Å²) in [7, 11) is 0. The van der Waals surface area contributed by atoms with Gasteiger partial charge in [0.25, 0.3) is 0 Å². The Hall–Kier alpha value is -1.64. The number of carbonyl (C=O) groups excluding carboxylic acids is 1. The van der Waals surface area contributed by atoms with E-state index in [2.05, 4.69) is 10.2 Å². The smallest absolute Gasteiger partial charge is 0.205 e. The van der Waals surface area contributed by atoms with Gasteiger partial charge in [0.2, 0.25) is 5.75 Å². The zero-order valence-corrected chi connectivity index (χ0v) is 20.2. The van der Waals surface area contributed by atoms with Gasteiger partial charge < -0.3 is 15.4 Å².